The molecule has 1 aromatic carbocycles. The Morgan fingerprint density at radius 3 is 2.92 bits per heavy atom. The summed E-state index contributed by atoms with van der Waals surface area (Å²) in [6.07, 6.45) is 4.12. The first-order valence-electron chi connectivity index (χ1n) is 11.7. The molecular weight excluding hydrogens is 485 g/mol. The lowest BCUT2D eigenvalue weighted by atomic mass is 9.99. The minimum absolute atomic E-state index is 0.146. The second-order valence-corrected chi connectivity index (χ2v) is 10.2. The van der Waals surface area contributed by atoms with Gasteiger partial charge in [-0.15, -0.1) is 0 Å². The molecule has 2 saturated heterocycles. The zero-order chi connectivity index (χ0) is 24.7. The lowest BCUT2D eigenvalue weighted by molar-refractivity contribution is 0.0908. The Balaban J connectivity index is 1.48. The van der Waals surface area contributed by atoms with Crippen molar-refractivity contribution in [3.8, 4) is 17.1 Å². The van der Waals surface area contributed by atoms with E-state index in [1.807, 2.05) is 25.3 Å². The van der Waals surface area contributed by atoms with E-state index in [0.717, 1.165) is 29.3 Å². The Bertz CT molecular complexity index is 1580. The monoisotopic (exact) mass is 507 g/mol. The number of nitrogens with zero attached hydrogens (tertiary/aromatic N) is 6. The van der Waals surface area contributed by atoms with E-state index in [1.165, 1.54) is 11.8 Å². The molecule has 3 aliphatic rings. The Kier molecular flexibility index (Phi) is 4.60. The number of amides is 1. The van der Waals surface area contributed by atoms with E-state index in [-0.39, 0.29) is 41.8 Å². The number of hydrogen-bond donors (Lipinski definition) is 2. The van der Waals surface area contributed by atoms with Crippen LogP contribution in [0.25, 0.3) is 33.1 Å². The van der Waals surface area contributed by atoms with Gasteiger partial charge in [-0.05, 0) is 37.7 Å². The molecule has 0 radical (unpaired) electrons. The van der Waals surface area contributed by atoms with Crippen LogP contribution in [0.4, 0.5) is 15.0 Å². The maximum Gasteiger partial charge on any atom is 0.407 e. The number of benzene rings is 1. The van der Waals surface area contributed by atoms with Crippen molar-refractivity contribution in [2.24, 2.45) is 0 Å². The van der Waals surface area contributed by atoms with Gasteiger partial charge in [-0.25, -0.2) is 24.1 Å². The van der Waals surface area contributed by atoms with Crippen molar-refractivity contribution in [2.75, 3.05) is 24.3 Å². The van der Waals surface area contributed by atoms with Crippen molar-refractivity contribution in [1.29, 1.82) is 0 Å². The van der Waals surface area contributed by atoms with E-state index >= 15 is 4.39 Å². The van der Waals surface area contributed by atoms with Crippen LogP contribution in [0.5, 0.6) is 5.88 Å². The van der Waals surface area contributed by atoms with E-state index in [2.05, 4.69) is 20.1 Å². The van der Waals surface area contributed by atoms with Crippen molar-refractivity contribution in [2.45, 2.75) is 43.0 Å². The zero-order valence-corrected chi connectivity index (χ0v) is 20.3. The molecule has 0 saturated carbocycles. The predicted octanol–water partition coefficient (Wildman–Crippen LogP) is 3.83. The highest BCUT2D eigenvalue weighted by molar-refractivity contribution is 7.98. The van der Waals surface area contributed by atoms with Crippen LogP contribution in [-0.4, -0.2) is 78.8 Å². The van der Waals surface area contributed by atoms with Gasteiger partial charge < -0.3 is 14.7 Å². The Morgan fingerprint density at radius 1 is 1.25 bits per heavy atom. The normalized spacial score (nSPS) is 22.6. The van der Waals surface area contributed by atoms with Crippen molar-refractivity contribution in [3.63, 3.8) is 0 Å². The van der Waals surface area contributed by atoms with Crippen molar-refractivity contribution < 1.29 is 19.0 Å². The summed E-state index contributed by atoms with van der Waals surface area (Å²) >= 11 is 1.33. The third-order valence-electron chi connectivity index (χ3n) is 7.65. The molecular formula is C24H22FN7O3S. The first kappa shape index (κ1) is 21.6. The lowest BCUT2D eigenvalue weighted by Gasteiger charge is -2.45. The molecule has 2 fully saturated rings. The van der Waals surface area contributed by atoms with Gasteiger partial charge in [0, 0.05) is 17.5 Å². The molecule has 0 aliphatic carbocycles. The zero-order valence-electron chi connectivity index (χ0n) is 19.5. The number of piperazine rings is 1. The summed E-state index contributed by atoms with van der Waals surface area (Å²) in [6.45, 7) is 2.59. The van der Waals surface area contributed by atoms with E-state index in [1.54, 1.807) is 11.1 Å². The molecule has 4 aromatic rings. The van der Waals surface area contributed by atoms with E-state index in [0.29, 0.717) is 28.5 Å². The topological polar surface area (TPSA) is 120 Å². The summed E-state index contributed by atoms with van der Waals surface area (Å²) in [5.41, 5.74) is 2.55. The third kappa shape index (κ3) is 2.87. The molecule has 184 valence electrons. The van der Waals surface area contributed by atoms with Gasteiger partial charge in [-0.1, -0.05) is 17.8 Å². The van der Waals surface area contributed by atoms with Crippen LogP contribution in [0.3, 0.4) is 0 Å². The van der Waals surface area contributed by atoms with Crippen molar-refractivity contribution >= 4 is 45.5 Å². The highest BCUT2D eigenvalue weighted by Crippen LogP contribution is 2.45. The Hall–Kier alpha value is -3.67. The van der Waals surface area contributed by atoms with E-state index in [9.17, 15) is 9.90 Å². The molecule has 3 aliphatic heterocycles. The number of nitrogens with one attached hydrogen (secondary N) is 1. The molecule has 2 bridgehead atoms. The van der Waals surface area contributed by atoms with Gasteiger partial charge >= 0.3 is 6.09 Å². The summed E-state index contributed by atoms with van der Waals surface area (Å²) < 4.78 is 22.6. The lowest BCUT2D eigenvalue weighted by Crippen LogP contribution is -2.62. The molecule has 7 rings (SSSR count). The van der Waals surface area contributed by atoms with Gasteiger partial charge in [0.15, 0.2) is 11.0 Å². The number of carboxylic acid groups (broad SMARTS) is 1. The summed E-state index contributed by atoms with van der Waals surface area (Å²) in [6, 6.07) is 3.16. The maximum atomic E-state index is 16.3. The Labute approximate surface area is 208 Å². The predicted molar refractivity (Wildman–Crippen MR) is 132 cm³/mol. The number of fused-ring (bicyclic) bond motifs is 6. The average Bonchev–Trinajstić information content (AvgIpc) is 3.43. The van der Waals surface area contributed by atoms with Crippen LogP contribution in [0.1, 0.15) is 18.4 Å². The van der Waals surface area contributed by atoms with Crippen LogP contribution in [0.2, 0.25) is 0 Å². The number of anilines is 1. The third-order valence-corrected chi connectivity index (χ3v) is 8.19. The van der Waals surface area contributed by atoms with Crippen LogP contribution >= 0.6 is 11.8 Å². The van der Waals surface area contributed by atoms with E-state index in [4.69, 9.17) is 14.7 Å². The molecule has 2 N–H and O–H groups in total. The average molecular weight is 508 g/mol. The van der Waals surface area contributed by atoms with E-state index < -0.39 is 11.9 Å². The molecule has 10 nitrogen and oxygen atoms in total. The van der Waals surface area contributed by atoms with Gasteiger partial charge in [-0.2, -0.15) is 5.10 Å². The molecule has 0 spiro atoms. The molecule has 3 aromatic heterocycles. The summed E-state index contributed by atoms with van der Waals surface area (Å²) in [4.78, 5) is 29.7. The molecule has 3 unspecified atom stereocenters. The minimum atomic E-state index is -0.920. The number of aromatic amines is 1. The number of aromatic nitrogens is 5. The SMILES string of the molecule is CSc1nc2c3c(nc(-c4c(C)ccc5[nH]ncc45)c(F)c3n1)OCC1C3CCC(CN21)N3C(=O)O. The number of rotatable bonds is 2. The fraction of sp³-hybridized carbons (Fsp3) is 0.375. The highest BCUT2D eigenvalue weighted by atomic mass is 32.2. The number of H-pyrrole nitrogens is 1. The highest BCUT2D eigenvalue weighted by Gasteiger charge is 2.50. The number of ether oxygens (including phenoxy) is 1. The minimum Gasteiger partial charge on any atom is -0.475 e. The van der Waals surface area contributed by atoms with Gasteiger partial charge in [0.05, 0.1) is 29.8 Å². The fourth-order valence-electron chi connectivity index (χ4n) is 6.06. The smallest absolute Gasteiger partial charge is 0.407 e. The van der Waals surface area contributed by atoms with Crippen LogP contribution in [0.15, 0.2) is 23.5 Å². The second kappa shape index (κ2) is 7.66. The van der Waals surface area contributed by atoms with Crippen LogP contribution in [-0.2, 0) is 0 Å². The fourth-order valence-corrected chi connectivity index (χ4v) is 6.42. The number of hydrogen-bond acceptors (Lipinski definition) is 8. The second-order valence-electron chi connectivity index (χ2n) is 9.44. The summed E-state index contributed by atoms with van der Waals surface area (Å²) in [5.74, 6) is 0.273. The first-order valence-corrected chi connectivity index (χ1v) is 13.0. The molecule has 36 heavy (non-hydrogen) atoms. The quantitative estimate of drug-likeness (QED) is 0.308. The van der Waals surface area contributed by atoms with Crippen molar-refractivity contribution in [3.05, 3.63) is 29.7 Å². The van der Waals surface area contributed by atoms with Crippen LogP contribution in [0, 0.1) is 12.7 Å². The van der Waals surface area contributed by atoms with Gasteiger partial charge in [0.25, 0.3) is 0 Å². The van der Waals surface area contributed by atoms with Gasteiger partial charge in [0.1, 0.15) is 29.0 Å². The number of thioether (sulfide) groups is 1. The number of aryl methyl sites for hydroxylation is 1. The largest absolute Gasteiger partial charge is 0.475 e. The molecule has 1 amide bonds. The van der Waals surface area contributed by atoms with Gasteiger partial charge in [0.2, 0.25) is 5.88 Å². The maximum absolute atomic E-state index is 16.3. The standard InChI is InChI=1S/C24H22FN7O3S/c1-10-3-5-13-12(7-26-30-13)16(10)19-18(25)20-17-21(29-23(28-20)36-2)31-8-11-4-6-14(32(11)24(33)34)15(31)9-35-22(17)27-19/h3,5,7,11,14-15H,4,6,8-9H2,1-2H3,(H,26,30)(H,33,34). The van der Waals surface area contributed by atoms with Crippen LogP contribution < -0.4 is 9.64 Å². The van der Waals surface area contributed by atoms with Crippen molar-refractivity contribution in [1.82, 2.24) is 30.0 Å². The molecule has 12 heteroatoms. The molecule has 6 heterocycles. The molecule has 3 atom stereocenters. The summed E-state index contributed by atoms with van der Waals surface area (Å²) in [7, 11) is 0. The number of carbonyl (C=O) groups is 1. The number of pyridine rings is 1. The van der Waals surface area contributed by atoms with Gasteiger partial charge in [-0.3, -0.25) is 10.00 Å². The first-order chi connectivity index (χ1) is 17.5. The Morgan fingerprint density at radius 2 is 2.11 bits per heavy atom. The summed E-state index contributed by atoms with van der Waals surface area (Å²) in [5, 5.41) is 18.5. The number of halogens is 1.